The molecule has 1 aromatic carbocycles. The molecule has 1 heterocycles. The molecule has 0 N–H and O–H groups in total. The number of fused-ring (bicyclic) bond motifs is 1. The molecule has 1 atom stereocenters. The van der Waals surface area contributed by atoms with E-state index >= 15 is 0 Å². The molecule has 20 heavy (non-hydrogen) atoms. The van der Waals surface area contributed by atoms with Crippen LogP contribution in [0.5, 0.6) is 11.5 Å². The van der Waals surface area contributed by atoms with Gasteiger partial charge in [-0.05, 0) is 11.6 Å². The molecule has 3 nitrogen and oxygen atoms in total. The van der Waals surface area contributed by atoms with Crippen LogP contribution >= 0.6 is 27.5 Å². The van der Waals surface area contributed by atoms with Crippen LogP contribution in [0.15, 0.2) is 12.1 Å². The third kappa shape index (κ3) is 4.17. The van der Waals surface area contributed by atoms with Crippen molar-refractivity contribution in [3.63, 3.8) is 0 Å². The summed E-state index contributed by atoms with van der Waals surface area (Å²) < 4.78 is 51.4. The minimum Gasteiger partial charge on any atom is -0.486 e. The van der Waals surface area contributed by atoms with Crippen LogP contribution in [0.2, 0.25) is 5.02 Å². The molecule has 112 valence electrons. The summed E-state index contributed by atoms with van der Waals surface area (Å²) in [5.74, 6) is 1.05. The average Bonchev–Trinajstić information content (AvgIpc) is 2.36. The summed E-state index contributed by atoms with van der Waals surface area (Å²) >= 11 is 9.34. The Kier molecular flexibility index (Phi) is 5.04. The Morgan fingerprint density at radius 1 is 1.25 bits per heavy atom. The number of alkyl halides is 4. The minimum atomic E-state index is -4.34. The van der Waals surface area contributed by atoms with Gasteiger partial charge in [-0.15, -0.1) is 0 Å². The molecule has 0 bridgehead atoms. The highest BCUT2D eigenvalue weighted by Gasteiger charge is 2.28. The molecule has 8 heteroatoms. The summed E-state index contributed by atoms with van der Waals surface area (Å²) in [5, 5.41) is 0.381. The van der Waals surface area contributed by atoms with Gasteiger partial charge in [0.1, 0.15) is 19.8 Å². The van der Waals surface area contributed by atoms with Crippen LogP contribution in [0.4, 0.5) is 13.2 Å². The van der Waals surface area contributed by atoms with Gasteiger partial charge in [-0.2, -0.15) is 13.2 Å². The maximum absolute atomic E-state index is 12.0. The van der Waals surface area contributed by atoms with Crippen LogP contribution in [-0.4, -0.2) is 32.6 Å². The lowest BCUT2D eigenvalue weighted by atomic mass is 10.1. The Balaban J connectivity index is 2.04. The molecule has 0 fully saturated rings. The minimum absolute atomic E-state index is 0.154. The zero-order valence-electron chi connectivity index (χ0n) is 10.2. The second-order valence-corrected chi connectivity index (χ2v) is 5.63. The summed E-state index contributed by atoms with van der Waals surface area (Å²) in [4.78, 5) is -0.465. The Morgan fingerprint density at radius 3 is 2.45 bits per heavy atom. The Labute approximate surface area is 127 Å². The maximum Gasteiger partial charge on any atom is 0.411 e. The summed E-state index contributed by atoms with van der Waals surface area (Å²) in [7, 11) is 0. The fraction of sp³-hybridized carbons (Fsp3) is 0.500. The van der Waals surface area contributed by atoms with Gasteiger partial charge in [-0.1, -0.05) is 27.5 Å². The largest absolute Gasteiger partial charge is 0.486 e. The van der Waals surface area contributed by atoms with E-state index in [0.29, 0.717) is 35.3 Å². The second kappa shape index (κ2) is 6.41. The highest BCUT2D eigenvalue weighted by molar-refractivity contribution is 9.09. The first-order valence-electron chi connectivity index (χ1n) is 5.74. The average molecular weight is 376 g/mol. The molecule has 0 spiro atoms. The van der Waals surface area contributed by atoms with Gasteiger partial charge in [-0.3, -0.25) is 0 Å². The summed E-state index contributed by atoms with van der Waals surface area (Å²) in [6, 6.07) is 3.23. The van der Waals surface area contributed by atoms with E-state index in [1.54, 1.807) is 12.1 Å². The van der Waals surface area contributed by atoms with Gasteiger partial charge in [0.2, 0.25) is 0 Å². The lowest BCUT2D eigenvalue weighted by molar-refractivity contribution is -0.173. The van der Waals surface area contributed by atoms with Gasteiger partial charge in [0, 0.05) is 11.1 Å². The molecule has 1 aromatic rings. The first-order valence-corrected chi connectivity index (χ1v) is 7.04. The van der Waals surface area contributed by atoms with Crippen LogP contribution < -0.4 is 9.47 Å². The molecule has 1 unspecified atom stereocenters. The van der Waals surface area contributed by atoms with Crippen molar-refractivity contribution in [2.75, 3.05) is 26.4 Å². The van der Waals surface area contributed by atoms with Crippen molar-refractivity contribution in [3.05, 3.63) is 22.7 Å². The van der Waals surface area contributed by atoms with Gasteiger partial charge in [0.15, 0.2) is 11.5 Å². The SMILES string of the molecule is FC(F)(F)COCC(Br)c1cc2c(cc1Cl)OCCO2. The number of ether oxygens (including phenoxy) is 3. The predicted octanol–water partition coefficient (Wildman–Crippen LogP) is 4.13. The lowest BCUT2D eigenvalue weighted by Crippen LogP contribution is -2.19. The van der Waals surface area contributed by atoms with Gasteiger partial charge in [0.05, 0.1) is 11.4 Å². The third-order valence-corrected chi connectivity index (χ3v) is 3.61. The van der Waals surface area contributed by atoms with Crippen LogP contribution in [0, 0.1) is 0 Å². The Bertz CT molecular complexity index is 482. The number of benzene rings is 1. The predicted molar refractivity (Wildman–Crippen MR) is 71.0 cm³/mol. The van der Waals surface area contributed by atoms with Crippen molar-refractivity contribution >= 4 is 27.5 Å². The topological polar surface area (TPSA) is 27.7 Å². The number of halogens is 5. The van der Waals surface area contributed by atoms with Gasteiger partial charge in [0.25, 0.3) is 0 Å². The molecule has 0 saturated heterocycles. The van der Waals surface area contributed by atoms with E-state index in [4.69, 9.17) is 21.1 Å². The van der Waals surface area contributed by atoms with Crippen molar-refractivity contribution in [2.24, 2.45) is 0 Å². The standard InChI is InChI=1S/C12H11BrClF3O3/c13-8(5-18-6-12(15,16)17)7-3-10-11(4-9(7)14)20-2-1-19-10/h3-4,8H,1-2,5-6H2. The summed E-state index contributed by atoms with van der Waals surface area (Å²) in [6.45, 7) is -0.586. The highest BCUT2D eigenvalue weighted by Crippen LogP contribution is 2.40. The van der Waals surface area contributed by atoms with Crippen molar-refractivity contribution in [1.29, 1.82) is 0 Å². The van der Waals surface area contributed by atoms with Crippen LogP contribution in [0.1, 0.15) is 10.4 Å². The zero-order chi connectivity index (χ0) is 14.8. The number of hydrogen-bond donors (Lipinski definition) is 0. The third-order valence-electron chi connectivity index (χ3n) is 2.53. The van der Waals surface area contributed by atoms with E-state index in [1.807, 2.05) is 0 Å². The lowest BCUT2D eigenvalue weighted by Gasteiger charge is -2.21. The van der Waals surface area contributed by atoms with Gasteiger partial charge >= 0.3 is 6.18 Å². The van der Waals surface area contributed by atoms with Crippen molar-refractivity contribution < 1.29 is 27.4 Å². The molecule has 1 aliphatic heterocycles. The molecular formula is C12H11BrClF3O3. The maximum atomic E-state index is 12.0. The first-order chi connectivity index (χ1) is 9.37. The van der Waals surface area contributed by atoms with Gasteiger partial charge in [-0.25, -0.2) is 0 Å². The molecule has 0 saturated carbocycles. The summed E-state index contributed by atoms with van der Waals surface area (Å²) in [6.07, 6.45) is -4.34. The molecule has 0 aliphatic carbocycles. The molecule has 2 rings (SSSR count). The van der Waals surface area contributed by atoms with E-state index in [9.17, 15) is 13.2 Å². The number of rotatable bonds is 4. The molecule has 0 aromatic heterocycles. The van der Waals surface area contributed by atoms with E-state index < -0.39 is 17.6 Å². The fourth-order valence-electron chi connectivity index (χ4n) is 1.69. The first kappa shape index (κ1) is 15.7. The highest BCUT2D eigenvalue weighted by atomic mass is 79.9. The van der Waals surface area contributed by atoms with Crippen molar-refractivity contribution in [2.45, 2.75) is 11.0 Å². The number of hydrogen-bond acceptors (Lipinski definition) is 3. The van der Waals surface area contributed by atoms with Crippen LogP contribution in [0.25, 0.3) is 0 Å². The quantitative estimate of drug-likeness (QED) is 0.741. The van der Waals surface area contributed by atoms with Crippen LogP contribution in [0.3, 0.4) is 0 Å². The second-order valence-electron chi connectivity index (χ2n) is 4.12. The normalized spacial score (nSPS) is 16.1. The summed E-state index contributed by atoms with van der Waals surface area (Å²) in [5.41, 5.74) is 0.595. The smallest absolute Gasteiger partial charge is 0.411 e. The zero-order valence-corrected chi connectivity index (χ0v) is 12.5. The molecule has 1 aliphatic rings. The molecule has 0 radical (unpaired) electrons. The van der Waals surface area contributed by atoms with Gasteiger partial charge < -0.3 is 14.2 Å². The van der Waals surface area contributed by atoms with Crippen LogP contribution in [-0.2, 0) is 4.74 Å². The van der Waals surface area contributed by atoms with Crippen molar-refractivity contribution in [1.82, 2.24) is 0 Å². The van der Waals surface area contributed by atoms with E-state index in [1.165, 1.54) is 0 Å². The Morgan fingerprint density at radius 2 is 1.85 bits per heavy atom. The molecule has 0 amide bonds. The molecular weight excluding hydrogens is 364 g/mol. The monoisotopic (exact) mass is 374 g/mol. The van der Waals surface area contributed by atoms with Crippen molar-refractivity contribution in [3.8, 4) is 11.5 Å². The van der Waals surface area contributed by atoms with E-state index in [2.05, 4.69) is 20.7 Å². The van der Waals surface area contributed by atoms with E-state index in [0.717, 1.165) is 0 Å². The fourth-order valence-corrected chi connectivity index (χ4v) is 2.67. The Hall–Kier alpha value is -0.660. The van der Waals surface area contributed by atoms with E-state index in [-0.39, 0.29) is 6.61 Å².